The number of aliphatic hydroxyl groups is 2. The average Bonchev–Trinajstić information content (AvgIpc) is 3.52. The smallest absolute Gasteiger partial charge is 0.211 e. The van der Waals surface area contributed by atoms with E-state index in [1.165, 1.54) is 147 Å². The molecule has 59 heavy (non-hydrogen) atoms. The van der Waals surface area contributed by atoms with Crippen molar-refractivity contribution >= 4 is 11.4 Å². The molecule has 2 N–H and O–H groups in total. The van der Waals surface area contributed by atoms with Crippen LogP contribution in [0.4, 0.5) is 0 Å². The number of hydrogen-bond donors (Lipinski definition) is 2. The molecule has 1 aliphatic rings. The number of unbranched alkanes of at least 4 members (excludes halogenated alkanes) is 14. The molecule has 0 radical (unpaired) electrons. The van der Waals surface area contributed by atoms with Gasteiger partial charge in [-0.05, 0) is 136 Å². The van der Waals surface area contributed by atoms with Gasteiger partial charge in [-0.3, -0.25) is 0 Å². The van der Waals surface area contributed by atoms with Crippen molar-refractivity contribution in [1.29, 1.82) is 0 Å². The molecule has 0 amide bonds. The molecule has 2 aromatic carbocycles. The third-order valence-corrected chi connectivity index (χ3v) is 11.3. The predicted molar refractivity (Wildman–Crippen MR) is 256 cm³/mol. The van der Waals surface area contributed by atoms with Crippen molar-refractivity contribution in [3.05, 3.63) is 86.5 Å². The monoisotopic (exact) mass is 859 g/mol. The Kier molecular flexibility index (Phi) is 36.4. The van der Waals surface area contributed by atoms with E-state index >= 15 is 0 Å². The molecule has 2 aromatic rings. The van der Waals surface area contributed by atoms with Gasteiger partial charge in [-0.2, -0.15) is 0 Å². The molecule has 3 rings (SSSR count). The Morgan fingerprint density at radius 1 is 0.356 bits per heavy atom. The number of rotatable bonds is 30. The number of aliphatic hydroxyl groups excluding tert-OH is 2. The van der Waals surface area contributed by atoms with Crippen LogP contribution in [-0.2, 0) is 42.2 Å². The Balaban J connectivity index is 0.00000341. The summed E-state index contributed by atoms with van der Waals surface area (Å²) >= 11 is 0. The molecular weight excluding hydrogens is 767 g/mol. The number of allylic oxidation sites excluding steroid dienone is 2. The van der Waals surface area contributed by atoms with E-state index in [1.807, 2.05) is 13.8 Å². The first-order chi connectivity index (χ1) is 28.3. The van der Waals surface area contributed by atoms with Crippen LogP contribution in [0.1, 0.15) is 243 Å². The molecule has 0 aromatic heterocycles. The summed E-state index contributed by atoms with van der Waals surface area (Å²) in [4.78, 5) is 0. The van der Waals surface area contributed by atoms with Crippen LogP contribution < -0.4 is 0 Å². The molecule has 1 heterocycles. The van der Waals surface area contributed by atoms with Gasteiger partial charge < -0.3 is 15.7 Å². The zero-order valence-electron chi connectivity index (χ0n) is 39.8. The summed E-state index contributed by atoms with van der Waals surface area (Å²) in [5.41, 5.74) is 25.7. The van der Waals surface area contributed by atoms with Crippen molar-refractivity contribution in [1.82, 2.24) is 0 Å². The van der Waals surface area contributed by atoms with Crippen LogP contribution in [0.25, 0.3) is 16.9 Å². The van der Waals surface area contributed by atoms with Gasteiger partial charge in [0, 0.05) is 52.0 Å². The van der Waals surface area contributed by atoms with Crippen LogP contribution in [0, 0.1) is 0 Å². The number of nitrogens with zero attached hydrogens (tertiary/aromatic N) is 2. The first kappa shape index (κ1) is 56.9. The maximum atomic E-state index is 12.5. The second-order valence-electron chi connectivity index (χ2n) is 16.9. The Morgan fingerprint density at radius 2 is 0.610 bits per heavy atom. The van der Waals surface area contributed by atoms with Gasteiger partial charge in [-0.1, -0.05) is 157 Å². The summed E-state index contributed by atoms with van der Waals surface area (Å²) in [5.74, 6) is 0. The van der Waals surface area contributed by atoms with Crippen molar-refractivity contribution in [3.63, 3.8) is 0 Å². The molecule has 0 saturated carbocycles. The van der Waals surface area contributed by atoms with E-state index in [4.69, 9.17) is 10.2 Å². The van der Waals surface area contributed by atoms with E-state index in [1.54, 1.807) is 4.70 Å². The molecule has 0 atom stereocenters. The minimum absolute atomic E-state index is 0. The Hall–Kier alpha value is -2.07. The maximum Gasteiger partial charge on any atom is 0.211 e. The molecule has 0 bridgehead atoms. The van der Waals surface area contributed by atoms with Crippen molar-refractivity contribution < 1.29 is 31.4 Å². The van der Waals surface area contributed by atoms with Gasteiger partial charge in [0.25, 0.3) is 0 Å². The zero-order chi connectivity index (χ0) is 42.8. The predicted octanol–water partition coefficient (Wildman–Crippen LogP) is 16.5. The van der Waals surface area contributed by atoms with Crippen LogP contribution in [-0.4, -0.2) is 28.1 Å². The fraction of sp³-hybridized carbons (Fsp3) is 0.704. The minimum atomic E-state index is 0. The van der Waals surface area contributed by atoms with E-state index in [0.29, 0.717) is 13.2 Å². The first-order valence-electron chi connectivity index (χ1n) is 24.8. The summed E-state index contributed by atoms with van der Waals surface area (Å²) in [7, 11) is 0. The first-order valence-corrected chi connectivity index (χ1v) is 24.8. The van der Waals surface area contributed by atoms with Gasteiger partial charge >= 0.3 is 0 Å². The van der Waals surface area contributed by atoms with Gasteiger partial charge in [0.1, 0.15) is 0 Å². The quantitative estimate of drug-likeness (QED) is 0.0467. The van der Waals surface area contributed by atoms with Gasteiger partial charge in [0.05, 0.1) is 0 Å². The van der Waals surface area contributed by atoms with E-state index < -0.39 is 0 Å². The normalized spacial score (nSPS) is 12.3. The Labute approximate surface area is 376 Å². The van der Waals surface area contributed by atoms with Crippen molar-refractivity contribution in [2.75, 3.05) is 13.2 Å². The van der Waals surface area contributed by atoms with Gasteiger partial charge in [0.15, 0.2) is 0 Å². The van der Waals surface area contributed by atoms with Gasteiger partial charge in [0.2, 0.25) is 11.4 Å². The number of benzene rings is 2. The molecule has 0 saturated heterocycles. The third-order valence-electron chi connectivity index (χ3n) is 11.3. The average molecular weight is 860 g/mol. The fourth-order valence-corrected chi connectivity index (χ4v) is 7.85. The molecule has 340 valence electrons. The topological polar surface area (TPSA) is 65.8 Å². The van der Waals surface area contributed by atoms with E-state index in [-0.39, 0.29) is 16.5 Å². The van der Waals surface area contributed by atoms with Crippen LogP contribution in [0.2, 0.25) is 0 Å². The summed E-state index contributed by atoms with van der Waals surface area (Å²) in [6.45, 7) is 18.3. The third kappa shape index (κ3) is 23.1. The molecule has 0 unspecified atom stereocenters. The van der Waals surface area contributed by atoms with Crippen LogP contribution in [0.5, 0.6) is 0 Å². The largest absolute Gasteiger partial charge is 0.493 e. The molecule has 1 aliphatic heterocycles. The molecule has 0 aliphatic carbocycles. The maximum absolute atomic E-state index is 12.5. The molecule has 4 nitrogen and oxygen atoms in total. The van der Waals surface area contributed by atoms with E-state index in [9.17, 15) is 5.53 Å². The van der Waals surface area contributed by atoms with Crippen LogP contribution >= 0.6 is 0 Å². The van der Waals surface area contributed by atoms with Crippen LogP contribution in [0.15, 0.2) is 47.5 Å². The summed E-state index contributed by atoms with van der Waals surface area (Å²) < 4.78 is 1.66. The number of aryl methyl sites for hydroxylation is 4. The van der Waals surface area contributed by atoms with Gasteiger partial charge in [-0.25, -0.2) is 4.70 Å². The van der Waals surface area contributed by atoms with Crippen LogP contribution in [0.3, 0.4) is 0 Å². The van der Waals surface area contributed by atoms with Gasteiger partial charge in [-0.15, -0.1) is 0 Å². The fourth-order valence-electron chi connectivity index (χ4n) is 7.85. The minimum Gasteiger partial charge on any atom is -0.493 e. The zero-order valence-corrected chi connectivity index (χ0v) is 40.8. The summed E-state index contributed by atoms with van der Waals surface area (Å²) in [6.07, 6.45) is 33.6. The second kappa shape index (κ2) is 37.7. The molecule has 5 heteroatoms. The molecule has 0 fully saturated rings. The Morgan fingerprint density at radius 3 is 0.898 bits per heavy atom. The standard InChI is InChI=1S/C48H76N2.2C3H8O.Ni/c1-7-13-19-21-23-25-29-41-34-42(30-26-24-22-20-14-8-2)38-44(37-41)48-46(32-18-12-6)45(31-17-11-5)47(50(48)49)43-35-39(27-15-9-3)33-40(36-43)28-16-10-4;2*1-2-3-4;/h33-38H,7-32H2,1-6H3;2*4H,2-3H2,1H3;. The second-order valence-corrected chi connectivity index (χ2v) is 16.9. The Bertz CT molecular complexity index is 1360. The SMILES string of the molecule is CCCCCCCCc1cc(CCCCCCCC)cc(C2=C(CCCC)C(CCCC)=C(c3cc(CCCC)cc(CCCC)c3)[N+]2=[N-])c1.CCCO.CCCO.[Ni]. The summed E-state index contributed by atoms with van der Waals surface area (Å²) in [6, 6.07) is 14.7. The van der Waals surface area contributed by atoms with E-state index in [0.717, 1.165) is 88.4 Å². The van der Waals surface area contributed by atoms with E-state index in [2.05, 4.69) is 77.9 Å². The van der Waals surface area contributed by atoms with Crippen molar-refractivity contribution in [2.24, 2.45) is 0 Å². The molecular formula is C54H92N2NiO2. The number of hydrogen-bond acceptors (Lipinski definition) is 2. The van der Waals surface area contributed by atoms with Crippen molar-refractivity contribution in [3.8, 4) is 0 Å². The van der Waals surface area contributed by atoms with Crippen molar-refractivity contribution in [2.45, 2.75) is 235 Å². The summed E-state index contributed by atoms with van der Waals surface area (Å²) in [5, 5.41) is 15.8. The molecule has 0 spiro atoms.